The zero-order valence-corrected chi connectivity index (χ0v) is 39.3. The Morgan fingerprint density at radius 2 is 1.18 bits per heavy atom. The largest absolute Gasteiger partial charge is 0.509 e. The van der Waals surface area contributed by atoms with Crippen LogP contribution in [0.1, 0.15) is 73.4 Å². The van der Waals surface area contributed by atoms with E-state index in [4.69, 9.17) is 9.72 Å². The Morgan fingerprint density at radius 1 is 0.548 bits per heavy atom. The second kappa shape index (κ2) is 16.4. The summed E-state index contributed by atoms with van der Waals surface area (Å²) < 4.78 is 9.01. The maximum Gasteiger partial charge on any atom is 0.135 e. The van der Waals surface area contributed by atoms with Crippen molar-refractivity contribution in [1.29, 1.82) is 0 Å². The van der Waals surface area contributed by atoms with Crippen molar-refractivity contribution in [1.82, 2.24) is 9.55 Å². The first kappa shape index (κ1) is 42.8. The molecule has 0 atom stereocenters. The predicted molar refractivity (Wildman–Crippen MR) is 254 cm³/mol. The molecule has 5 nitrogen and oxygen atoms in total. The summed E-state index contributed by atoms with van der Waals surface area (Å²) in [5.41, 5.74) is 11.8. The third kappa shape index (κ3) is 8.48. The minimum atomic E-state index is -0.175. The Bertz CT molecular complexity index is 2870. The first-order valence-electron chi connectivity index (χ1n) is 21.2. The van der Waals surface area contributed by atoms with Crippen molar-refractivity contribution < 1.29 is 25.8 Å². The van der Waals surface area contributed by atoms with Crippen LogP contribution in [0.3, 0.4) is 0 Å². The number of hydrogen-bond acceptors (Lipinski definition) is 4. The smallest absolute Gasteiger partial charge is 0.135 e. The van der Waals surface area contributed by atoms with Crippen LogP contribution in [0.5, 0.6) is 11.5 Å². The number of hydrogen-bond donors (Lipinski definition) is 0. The van der Waals surface area contributed by atoms with Gasteiger partial charge in [0.15, 0.2) is 0 Å². The number of fused-ring (bicyclic) bond motifs is 3. The van der Waals surface area contributed by atoms with Crippen LogP contribution in [0.4, 0.5) is 11.4 Å². The molecule has 0 radical (unpaired) electrons. The van der Waals surface area contributed by atoms with Crippen molar-refractivity contribution in [3.63, 3.8) is 0 Å². The second-order valence-corrected chi connectivity index (χ2v) is 19.2. The van der Waals surface area contributed by atoms with E-state index in [-0.39, 0.29) is 37.3 Å². The van der Waals surface area contributed by atoms with Gasteiger partial charge < -0.3 is 19.1 Å². The van der Waals surface area contributed by atoms with E-state index in [0.29, 0.717) is 11.5 Å². The number of para-hydroxylation sites is 1. The first-order chi connectivity index (χ1) is 29.1. The molecule has 3 heterocycles. The van der Waals surface area contributed by atoms with Crippen molar-refractivity contribution >= 4 is 33.2 Å². The molecule has 0 saturated heterocycles. The van der Waals surface area contributed by atoms with Gasteiger partial charge in [-0.1, -0.05) is 147 Å². The van der Waals surface area contributed by atoms with Gasteiger partial charge in [0.2, 0.25) is 0 Å². The van der Waals surface area contributed by atoms with Crippen LogP contribution < -0.4 is 14.5 Å². The number of anilines is 2. The fourth-order valence-corrected chi connectivity index (χ4v) is 8.10. The molecule has 9 rings (SSSR count). The van der Waals surface area contributed by atoms with E-state index in [1.165, 1.54) is 33.5 Å². The molecule has 8 aromatic rings. The van der Waals surface area contributed by atoms with Gasteiger partial charge in [0.25, 0.3) is 0 Å². The van der Waals surface area contributed by atoms with E-state index < -0.39 is 0 Å². The van der Waals surface area contributed by atoms with Crippen molar-refractivity contribution in [2.75, 3.05) is 9.80 Å². The van der Waals surface area contributed by atoms with Crippen LogP contribution in [0.25, 0.3) is 49.9 Å². The van der Waals surface area contributed by atoms with Gasteiger partial charge in [-0.05, 0) is 86.6 Å². The standard InChI is InChI=1S/C56H53N4O.Pt/c1-54(2,3)42-26-27-57-53(33-42)60-50-23-17-16-22-48(50)49-25-24-46(35-51(49)60)61-47-32-43(55(4,5)6)31-44(34-47)58-36-52(56(7,8)9)59(37-58)45-29-40(38-18-12-10-13-19-38)28-41(30-45)39-20-14-11-15-21-39;/h10-33,36-37H,1-9H3;/q-3;. The molecule has 1 aliphatic heterocycles. The zero-order valence-electron chi connectivity index (χ0n) is 37.0. The number of ether oxygens (including phenoxy) is 1. The molecule has 62 heavy (non-hydrogen) atoms. The Labute approximate surface area is 382 Å². The molecule has 0 saturated carbocycles. The topological polar surface area (TPSA) is 33.5 Å². The van der Waals surface area contributed by atoms with E-state index in [2.05, 4.69) is 235 Å². The van der Waals surface area contributed by atoms with Gasteiger partial charge in [0.05, 0.1) is 0 Å². The Balaban J connectivity index is 0.00000529. The molecule has 316 valence electrons. The van der Waals surface area contributed by atoms with Crippen LogP contribution in [0.2, 0.25) is 0 Å². The van der Waals surface area contributed by atoms with Crippen molar-refractivity contribution in [2.24, 2.45) is 5.41 Å². The average Bonchev–Trinajstić information content (AvgIpc) is 3.85. The summed E-state index contributed by atoms with van der Waals surface area (Å²) in [4.78, 5) is 9.40. The summed E-state index contributed by atoms with van der Waals surface area (Å²) in [6.07, 6.45) is 4.15. The molecule has 0 spiro atoms. The maximum absolute atomic E-state index is 6.80. The van der Waals surface area contributed by atoms with E-state index in [1.807, 2.05) is 12.3 Å². The summed E-state index contributed by atoms with van der Waals surface area (Å²) in [6, 6.07) is 56.8. The van der Waals surface area contributed by atoms with Gasteiger partial charge in [-0.25, -0.2) is 4.98 Å². The van der Waals surface area contributed by atoms with E-state index >= 15 is 0 Å². The molecular formula is C56H53N4OPt-3. The average molecular weight is 993 g/mol. The predicted octanol–water partition coefficient (Wildman–Crippen LogP) is 14.8. The molecule has 6 heteroatoms. The van der Waals surface area contributed by atoms with Gasteiger partial charge in [-0.2, -0.15) is 6.07 Å². The van der Waals surface area contributed by atoms with Crippen molar-refractivity contribution in [2.45, 2.75) is 73.1 Å². The molecule has 0 bridgehead atoms. The number of benzene rings is 6. The first-order valence-corrected chi connectivity index (χ1v) is 21.2. The zero-order chi connectivity index (χ0) is 42.7. The molecule has 0 N–H and O–H groups in total. The van der Waals surface area contributed by atoms with Crippen molar-refractivity contribution in [3.8, 4) is 39.6 Å². The van der Waals surface area contributed by atoms with Crippen LogP contribution in [-0.4, -0.2) is 9.55 Å². The molecule has 0 fully saturated rings. The quantitative estimate of drug-likeness (QED) is 0.149. The van der Waals surface area contributed by atoms with Crippen molar-refractivity contribution in [3.05, 3.63) is 188 Å². The van der Waals surface area contributed by atoms with Gasteiger partial charge >= 0.3 is 0 Å². The Hall–Kier alpha value is -5.90. The van der Waals surface area contributed by atoms with E-state index in [1.54, 1.807) is 0 Å². The third-order valence-electron chi connectivity index (χ3n) is 11.5. The minimum absolute atomic E-state index is 0. The van der Waals surface area contributed by atoms with Crippen LogP contribution in [0.15, 0.2) is 158 Å². The molecule has 6 aromatic carbocycles. The molecule has 0 aliphatic carbocycles. The summed E-state index contributed by atoms with van der Waals surface area (Å²) in [5.74, 6) is 2.10. The number of nitrogens with zero attached hydrogens (tertiary/aromatic N) is 4. The number of pyridine rings is 1. The maximum atomic E-state index is 6.80. The van der Waals surface area contributed by atoms with Gasteiger partial charge in [0.1, 0.15) is 5.82 Å². The van der Waals surface area contributed by atoms with Gasteiger partial charge in [-0.3, -0.25) is 0 Å². The van der Waals surface area contributed by atoms with Crippen LogP contribution in [-0.2, 0) is 31.9 Å². The van der Waals surface area contributed by atoms with Crippen LogP contribution in [0, 0.1) is 24.2 Å². The SMILES string of the molecule is CC(C)(C)C1=CN(c2[c-]c(Oc3[c-]c4c(cc3)c3ccccc3n4-c3cc(C(C)(C)C)ccn3)cc(C(C)(C)C)c2)[CH-]N1c1cc(-c2ccccc2)cc(-c2ccccc2)c1.[Pt]. The minimum Gasteiger partial charge on any atom is -0.509 e. The fourth-order valence-electron chi connectivity index (χ4n) is 8.10. The summed E-state index contributed by atoms with van der Waals surface area (Å²) in [5, 5.41) is 2.24. The molecular weight excluding hydrogens is 940 g/mol. The monoisotopic (exact) mass is 992 g/mol. The Kier molecular flexibility index (Phi) is 11.3. The second-order valence-electron chi connectivity index (χ2n) is 19.2. The third-order valence-corrected chi connectivity index (χ3v) is 11.5. The molecule has 2 aromatic heterocycles. The molecule has 1 aliphatic rings. The fraction of sp³-hybridized carbons (Fsp3) is 0.214. The van der Waals surface area contributed by atoms with Crippen LogP contribution >= 0.6 is 0 Å². The normalized spacial score (nSPS) is 13.4. The number of aromatic nitrogens is 2. The van der Waals surface area contributed by atoms with Gasteiger partial charge in [0, 0.05) is 61.1 Å². The Morgan fingerprint density at radius 3 is 1.81 bits per heavy atom. The summed E-state index contributed by atoms with van der Waals surface area (Å²) in [6.45, 7) is 22.4. The molecule has 0 amide bonds. The summed E-state index contributed by atoms with van der Waals surface area (Å²) in [7, 11) is 0. The van der Waals surface area contributed by atoms with Gasteiger partial charge in [-0.15, -0.1) is 53.6 Å². The molecule has 0 unspecified atom stereocenters. The van der Waals surface area contributed by atoms with E-state index in [9.17, 15) is 0 Å². The van der Waals surface area contributed by atoms with E-state index in [0.717, 1.165) is 44.6 Å². The number of allylic oxidation sites excluding steroid dienone is 1. The summed E-state index contributed by atoms with van der Waals surface area (Å²) >= 11 is 0. The number of rotatable bonds is 7.